The Morgan fingerprint density at radius 2 is 2.35 bits per heavy atom. The van der Waals surface area contributed by atoms with Crippen LogP contribution in [-0.2, 0) is 6.54 Å². The molecule has 0 heterocycles. The van der Waals surface area contributed by atoms with Crippen molar-refractivity contribution in [1.82, 2.24) is 5.32 Å². The van der Waals surface area contributed by atoms with Crippen molar-refractivity contribution in [2.75, 3.05) is 0 Å². The van der Waals surface area contributed by atoms with E-state index in [1.54, 1.807) is 6.07 Å². The number of nitrogens with zero attached hydrogens (tertiary/aromatic N) is 1. The van der Waals surface area contributed by atoms with Crippen LogP contribution in [0.15, 0.2) is 18.2 Å². The van der Waals surface area contributed by atoms with Gasteiger partial charge in [-0.1, -0.05) is 19.4 Å². The van der Waals surface area contributed by atoms with Crippen molar-refractivity contribution in [2.45, 2.75) is 32.4 Å². The molecule has 2 atom stereocenters. The third-order valence-electron chi connectivity index (χ3n) is 3.22. The molecule has 0 bridgehead atoms. The summed E-state index contributed by atoms with van der Waals surface area (Å²) in [6, 6.07) is 4.57. The maximum absolute atomic E-state index is 13.3. The Balaban J connectivity index is 1.94. The molecule has 0 aliphatic heterocycles. The first-order chi connectivity index (χ1) is 8.11. The molecule has 1 aromatic carbocycles. The van der Waals surface area contributed by atoms with E-state index in [1.165, 1.54) is 18.6 Å². The van der Waals surface area contributed by atoms with Crippen molar-refractivity contribution in [3.8, 4) is 0 Å². The van der Waals surface area contributed by atoms with Crippen molar-refractivity contribution in [1.29, 1.82) is 0 Å². The highest BCUT2D eigenvalue weighted by atomic mass is 19.1. The van der Waals surface area contributed by atoms with Gasteiger partial charge in [-0.05, 0) is 24.0 Å². The van der Waals surface area contributed by atoms with E-state index in [-0.39, 0.29) is 0 Å². The van der Waals surface area contributed by atoms with Gasteiger partial charge in [-0.25, -0.2) is 0 Å². The number of hydrogen-bond donors (Lipinski definition) is 1. The van der Waals surface area contributed by atoms with E-state index in [4.69, 9.17) is 0 Å². The maximum Gasteiger partial charge on any atom is 0.304 e. The van der Waals surface area contributed by atoms with Crippen molar-refractivity contribution in [2.24, 2.45) is 5.92 Å². The fourth-order valence-corrected chi connectivity index (χ4v) is 2.01. The number of hydrogen-bond acceptors (Lipinski definition) is 3. The summed E-state index contributed by atoms with van der Waals surface area (Å²) in [7, 11) is 0. The zero-order valence-corrected chi connectivity index (χ0v) is 9.65. The minimum absolute atomic E-state index is 0.466. The third-order valence-corrected chi connectivity index (χ3v) is 3.22. The summed E-state index contributed by atoms with van der Waals surface area (Å²) in [6.45, 7) is 2.72. The van der Waals surface area contributed by atoms with Gasteiger partial charge >= 0.3 is 5.69 Å². The van der Waals surface area contributed by atoms with Gasteiger partial charge in [0, 0.05) is 18.7 Å². The largest absolute Gasteiger partial charge is 0.310 e. The van der Waals surface area contributed by atoms with Crippen LogP contribution in [0.4, 0.5) is 10.1 Å². The lowest BCUT2D eigenvalue weighted by atomic mass is 10.2. The zero-order valence-electron chi connectivity index (χ0n) is 9.65. The van der Waals surface area contributed by atoms with Gasteiger partial charge < -0.3 is 5.32 Å². The second-order valence-electron chi connectivity index (χ2n) is 4.43. The highest BCUT2D eigenvalue weighted by Crippen LogP contribution is 2.33. The van der Waals surface area contributed by atoms with Crippen LogP contribution in [-0.4, -0.2) is 11.0 Å². The van der Waals surface area contributed by atoms with Gasteiger partial charge in [0.2, 0.25) is 5.82 Å². The summed E-state index contributed by atoms with van der Waals surface area (Å²) in [6.07, 6.45) is 2.33. The highest BCUT2D eigenvalue weighted by Gasteiger charge is 2.34. The molecule has 17 heavy (non-hydrogen) atoms. The molecule has 2 unspecified atom stereocenters. The smallest absolute Gasteiger partial charge is 0.304 e. The lowest BCUT2D eigenvalue weighted by Crippen LogP contribution is -2.17. The molecule has 0 radical (unpaired) electrons. The molecule has 5 heteroatoms. The van der Waals surface area contributed by atoms with Crippen LogP contribution in [0.2, 0.25) is 0 Å². The molecule has 1 aromatic rings. The van der Waals surface area contributed by atoms with E-state index in [9.17, 15) is 14.5 Å². The predicted molar refractivity (Wildman–Crippen MR) is 62.1 cm³/mol. The Hall–Kier alpha value is -1.49. The minimum Gasteiger partial charge on any atom is -0.310 e. The average molecular weight is 238 g/mol. The van der Waals surface area contributed by atoms with Crippen LogP contribution < -0.4 is 5.32 Å². The van der Waals surface area contributed by atoms with E-state index in [0.29, 0.717) is 12.6 Å². The van der Waals surface area contributed by atoms with Gasteiger partial charge in [-0.15, -0.1) is 0 Å². The monoisotopic (exact) mass is 238 g/mol. The molecule has 0 spiro atoms. The molecular weight excluding hydrogens is 223 g/mol. The number of halogens is 1. The Morgan fingerprint density at radius 1 is 1.59 bits per heavy atom. The van der Waals surface area contributed by atoms with E-state index >= 15 is 0 Å². The Morgan fingerprint density at radius 3 is 2.88 bits per heavy atom. The molecule has 0 amide bonds. The summed E-state index contributed by atoms with van der Waals surface area (Å²) in [4.78, 5) is 9.73. The molecule has 2 rings (SSSR count). The minimum atomic E-state index is -0.767. The Kier molecular flexibility index (Phi) is 3.38. The third kappa shape index (κ3) is 2.79. The highest BCUT2D eigenvalue weighted by molar-refractivity contribution is 5.35. The number of rotatable bonds is 5. The fourth-order valence-electron chi connectivity index (χ4n) is 2.01. The van der Waals surface area contributed by atoms with Crippen LogP contribution in [0.5, 0.6) is 0 Å². The van der Waals surface area contributed by atoms with E-state index in [2.05, 4.69) is 12.2 Å². The van der Waals surface area contributed by atoms with E-state index < -0.39 is 16.4 Å². The standard InChI is InChI=1S/C12H15FN2O2/c1-2-9-6-11(9)14-7-8-3-4-12(15(16)17)10(13)5-8/h3-5,9,11,14H,2,6-7H2,1H3. The topological polar surface area (TPSA) is 55.2 Å². The molecule has 92 valence electrons. The molecule has 0 saturated heterocycles. The van der Waals surface area contributed by atoms with Gasteiger partial charge in [-0.3, -0.25) is 10.1 Å². The van der Waals surface area contributed by atoms with Crippen LogP contribution in [0, 0.1) is 21.8 Å². The molecule has 4 nitrogen and oxygen atoms in total. The second-order valence-corrected chi connectivity index (χ2v) is 4.43. The normalized spacial score (nSPS) is 22.5. The quantitative estimate of drug-likeness (QED) is 0.633. The zero-order chi connectivity index (χ0) is 12.4. The number of nitrogens with one attached hydrogen (secondary N) is 1. The molecule has 1 aliphatic rings. The SMILES string of the molecule is CCC1CC1NCc1ccc([N+](=O)[O-])c(F)c1. The van der Waals surface area contributed by atoms with Crippen molar-refractivity contribution in [3.63, 3.8) is 0 Å². The van der Waals surface area contributed by atoms with Gasteiger partial charge in [-0.2, -0.15) is 4.39 Å². The summed E-state index contributed by atoms with van der Waals surface area (Å²) in [5, 5.41) is 13.8. The van der Waals surface area contributed by atoms with Gasteiger partial charge in [0.25, 0.3) is 0 Å². The van der Waals surface area contributed by atoms with Crippen LogP contribution in [0.3, 0.4) is 0 Å². The first kappa shape index (κ1) is 12.0. The van der Waals surface area contributed by atoms with Crippen LogP contribution in [0.25, 0.3) is 0 Å². The summed E-state index contributed by atoms with van der Waals surface area (Å²) < 4.78 is 13.3. The van der Waals surface area contributed by atoms with E-state index in [1.807, 2.05) is 0 Å². The lowest BCUT2D eigenvalue weighted by molar-refractivity contribution is -0.387. The van der Waals surface area contributed by atoms with Gasteiger partial charge in [0.1, 0.15) is 0 Å². The van der Waals surface area contributed by atoms with Crippen LogP contribution in [0.1, 0.15) is 25.3 Å². The van der Waals surface area contributed by atoms with Crippen molar-refractivity contribution >= 4 is 5.69 Å². The number of benzene rings is 1. The first-order valence-electron chi connectivity index (χ1n) is 5.78. The lowest BCUT2D eigenvalue weighted by Gasteiger charge is -2.04. The van der Waals surface area contributed by atoms with Gasteiger partial charge in [0.05, 0.1) is 4.92 Å². The predicted octanol–water partition coefficient (Wildman–Crippen LogP) is 2.62. The fraction of sp³-hybridized carbons (Fsp3) is 0.500. The Labute approximate surface area is 99.0 Å². The van der Waals surface area contributed by atoms with Gasteiger partial charge in [0.15, 0.2) is 0 Å². The molecule has 1 saturated carbocycles. The molecule has 1 fully saturated rings. The van der Waals surface area contributed by atoms with Crippen molar-refractivity contribution < 1.29 is 9.31 Å². The van der Waals surface area contributed by atoms with E-state index in [0.717, 1.165) is 17.9 Å². The maximum atomic E-state index is 13.3. The van der Waals surface area contributed by atoms with Crippen molar-refractivity contribution in [3.05, 3.63) is 39.7 Å². The molecule has 1 N–H and O–H groups in total. The summed E-state index contributed by atoms with van der Waals surface area (Å²) >= 11 is 0. The summed E-state index contributed by atoms with van der Waals surface area (Å²) in [5.74, 6) is -0.0324. The first-order valence-corrected chi connectivity index (χ1v) is 5.78. The molecule has 1 aliphatic carbocycles. The average Bonchev–Trinajstić information content (AvgIpc) is 3.04. The summed E-state index contributed by atoms with van der Waals surface area (Å²) in [5.41, 5.74) is 0.279. The second kappa shape index (κ2) is 4.79. The number of nitro groups is 1. The number of nitro benzene ring substituents is 1. The van der Waals surface area contributed by atoms with Crippen LogP contribution >= 0.6 is 0 Å². The molecule has 0 aromatic heterocycles. The Bertz CT molecular complexity index is 437. The molecular formula is C12H15FN2O2.